The van der Waals surface area contributed by atoms with E-state index in [1.54, 1.807) is 6.26 Å². The van der Waals surface area contributed by atoms with Crippen molar-refractivity contribution in [3.05, 3.63) is 0 Å². The minimum atomic E-state index is -1.94. The number of thioether (sulfide) groups is 1. The first-order valence-electron chi connectivity index (χ1n) is 18.4. The Balaban J connectivity index is 6.05. The van der Waals surface area contributed by atoms with Crippen molar-refractivity contribution >= 4 is 102 Å². The van der Waals surface area contributed by atoms with Crippen LogP contribution < -0.4 is 54.0 Å². The number of nitrogens with two attached hydrogens (primary N) is 2. The van der Waals surface area contributed by atoms with Gasteiger partial charge >= 0.3 is 11.9 Å². The number of rotatable bonds is 29. The van der Waals surface area contributed by atoms with Crippen LogP contribution in [0.25, 0.3) is 0 Å². The van der Waals surface area contributed by atoms with Crippen molar-refractivity contribution in [1.82, 2.24) is 42.5 Å². The van der Waals surface area contributed by atoms with Crippen LogP contribution in [0.15, 0.2) is 0 Å². The van der Waals surface area contributed by atoms with Crippen LogP contribution in [0.4, 0.5) is 0 Å². The Bertz CT molecular complexity index is 1630. The van der Waals surface area contributed by atoms with E-state index in [2.05, 4.69) is 62.5 Å². The molecule has 0 heterocycles. The molecule has 0 aromatic rings. The number of hydrogen-bond acceptors (Lipinski definition) is 18. The smallest absolute Gasteiger partial charge is 0.327 e. The van der Waals surface area contributed by atoms with Gasteiger partial charge in [-0.1, -0.05) is 0 Å². The lowest BCUT2D eigenvalue weighted by Crippen LogP contribution is -2.63. The number of hydrogen-bond donors (Lipinski definition) is 17. The molecule has 0 aliphatic heterocycles. The summed E-state index contributed by atoms with van der Waals surface area (Å²) in [6, 6.07) is -14.8. The fraction of sp³-hybridized carbons (Fsp3) is 0.667. The molecule has 62 heavy (non-hydrogen) atoms. The summed E-state index contributed by atoms with van der Waals surface area (Å²) in [5, 5.41) is 66.1. The van der Waals surface area contributed by atoms with Gasteiger partial charge in [-0.2, -0.15) is 37.0 Å². The Morgan fingerprint density at radius 3 is 1.40 bits per heavy atom. The quantitative estimate of drug-likeness (QED) is 0.0310. The summed E-state index contributed by atoms with van der Waals surface area (Å²) in [7, 11) is 0. The summed E-state index contributed by atoms with van der Waals surface area (Å²) >= 11 is 8.91. The molecule has 26 nitrogen and oxygen atoms in total. The number of thiol groups is 2. The molecule has 0 fully saturated rings. The first kappa shape index (κ1) is 57.1. The second kappa shape index (κ2) is 28.6. The first-order valence-corrected chi connectivity index (χ1v) is 21.1. The van der Waals surface area contributed by atoms with Crippen LogP contribution in [0, 0.1) is 0 Å². The molecule has 0 saturated heterocycles. The van der Waals surface area contributed by atoms with Gasteiger partial charge in [-0.25, -0.2) is 4.79 Å². The number of carboxylic acid groups (broad SMARTS) is 2. The average Bonchev–Trinajstić information content (AvgIpc) is 3.19. The molecule has 0 saturated carbocycles. The number of aliphatic hydroxyl groups is 3. The Morgan fingerprint density at radius 1 is 0.565 bits per heavy atom. The molecule has 0 unspecified atom stereocenters. The SMILES string of the molecule is CSCC[C@H](NC(=O)[C@H](C)NC(=O)[C@@H](NC(=O)[C@H](CO)NC(=O)[C@@H](NC(=O)[C@@H](N)CS)[C@@H](C)O)[C@@H](C)O)C(=O)N[C@@H](CC(=O)O)C(=O)N[C@@H](CC(N)=O)C(=O)N[C@@H](CS)C(=O)O. The van der Waals surface area contributed by atoms with Crippen LogP contribution in [-0.2, 0) is 52.7 Å². The third kappa shape index (κ3) is 20.3. The second-order valence-electron chi connectivity index (χ2n) is 13.5. The van der Waals surface area contributed by atoms with Gasteiger partial charge in [-0.15, -0.1) is 0 Å². The third-order valence-corrected chi connectivity index (χ3v) is 9.72. The predicted molar refractivity (Wildman–Crippen MR) is 224 cm³/mol. The summed E-state index contributed by atoms with van der Waals surface area (Å²) in [4.78, 5) is 139. The van der Waals surface area contributed by atoms with Crippen molar-refractivity contribution in [2.24, 2.45) is 11.5 Å². The molecule has 0 rings (SSSR count). The van der Waals surface area contributed by atoms with Crippen LogP contribution in [-0.4, -0.2) is 187 Å². The largest absolute Gasteiger partial charge is 0.481 e. The minimum absolute atomic E-state index is 0.113. The van der Waals surface area contributed by atoms with Gasteiger partial charge in [0.05, 0.1) is 37.7 Å². The third-order valence-electron chi connectivity index (χ3n) is 8.32. The van der Waals surface area contributed by atoms with Crippen LogP contribution >= 0.6 is 37.0 Å². The van der Waals surface area contributed by atoms with Gasteiger partial charge in [0.1, 0.15) is 48.3 Å². The van der Waals surface area contributed by atoms with Crippen LogP contribution in [0.1, 0.15) is 40.0 Å². The van der Waals surface area contributed by atoms with Crippen molar-refractivity contribution in [2.75, 3.05) is 30.1 Å². The number of nitrogens with one attached hydrogen (secondary N) is 8. The lowest BCUT2D eigenvalue weighted by molar-refractivity contribution is -0.143. The van der Waals surface area contributed by atoms with Crippen LogP contribution in [0.5, 0.6) is 0 Å². The summed E-state index contributed by atoms with van der Waals surface area (Å²) in [6.45, 7) is 2.30. The van der Waals surface area contributed by atoms with E-state index in [1.165, 1.54) is 11.8 Å². The van der Waals surface area contributed by atoms with E-state index >= 15 is 0 Å². The van der Waals surface area contributed by atoms with Crippen molar-refractivity contribution in [3.8, 4) is 0 Å². The molecule has 0 spiro atoms. The van der Waals surface area contributed by atoms with Gasteiger partial charge in [0.25, 0.3) is 0 Å². The predicted octanol–water partition coefficient (Wildman–Crippen LogP) is -7.99. The fourth-order valence-corrected chi connectivity index (χ4v) is 5.71. The number of carbonyl (C=O) groups is 11. The Kier molecular flexibility index (Phi) is 26.3. The normalized spacial score (nSPS) is 16.3. The van der Waals surface area contributed by atoms with E-state index < -0.39 is 157 Å². The molecule has 0 aromatic carbocycles. The molecule has 11 atom stereocenters. The lowest BCUT2D eigenvalue weighted by atomic mass is 10.1. The van der Waals surface area contributed by atoms with E-state index in [0.29, 0.717) is 0 Å². The molecule has 9 amide bonds. The highest BCUT2D eigenvalue weighted by molar-refractivity contribution is 7.98. The van der Waals surface area contributed by atoms with Gasteiger partial charge < -0.3 is 79.5 Å². The van der Waals surface area contributed by atoms with Gasteiger partial charge in [0.2, 0.25) is 53.2 Å². The topological polar surface area (TPSA) is 437 Å². The van der Waals surface area contributed by atoms with Gasteiger partial charge in [-0.05, 0) is 39.2 Å². The number of carboxylic acids is 2. The zero-order valence-corrected chi connectivity index (χ0v) is 36.6. The van der Waals surface area contributed by atoms with Gasteiger partial charge in [-0.3, -0.25) is 47.9 Å². The van der Waals surface area contributed by atoms with Gasteiger partial charge in [0, 0.05) is 11.5 Å². The Morgan fingerprint density at radius 2 is 0.984 bits per heavy atom. The molecule has 17 N–H and O–H groups in total. The zero-order valence-electron chi connectivity index (χ0n) is 34.0. The van der Waals surface area contributed by atoms with Gasteiger partial charge in [0.15, 0.2) is 0 Å². The minimum Gasteiger partial charge on any atom is -0.481 e. The Labute approximate surface area is 370 Å². The molecule has 352 valence electrons. The van der Waals surface area contributed by atoms with Crippen molar-refractivity contribution in [2.45, 2.75) is 107 Å². The molecular formula is C33H56N10O16S3. The van der Waals surface area contributed by atoms with E-state index in [0.717, 1.165) is 20.8 Å². The number of aliphatic hydroxyl groups excluding tert-OH is 3. The summed E-state index contributed by atoms with van der Waals surface area (Å²) in [5.41, 5.74) is 10.7. The zero-order chi connectivity index (χ0) is 48.0. The number of aliphatic carboxylic acids is 2. The van der Waals surface area contributed by atoms with E-state index in [-0.39, 0.29) is 17.9 Å². The molecular weight excluding hydrogens is 889 g/mol. The summed E-state index contributed by atoms with van der Waals surface area (Å²) < 4.78 is 0. The summed E-state index contributed by atoms with van der Waals surface area (Å²) in [6.07, 6.45) is -3.60. The number of amides is 9. The maximum atomic E-state index is 13.4. The van der Waals surface area contributed by atoms with Crippen molar-refractivity contribution in [3.63, 3.8) is 0 Å². The first-order chi connectivity index (χ1) is 28.8. The second-order valence-corrected chi connectivity index (χ2v) is 15.2. The number of primary amides is 1. The highest BCUT2D eigenvalue weighted by atomic mass is 32.2. The highest BCUT2D eigenvalue weighted by Crippen LogP contribution is 2.06. The van der Waals surface area contributed by atoms with Crippen LogP contribution in [0.2, 0.25) is 0 Å². The molecule has 0 aliphatic rings. The molecule has 0 aliphatic carbocycles. The van der Waals surface area contributed by atoms with E-state index in [4.69, 9.17) is 11.5 Å². The monoisotopic (exact) mass is 944 g/mol. The van der Waals surface area contributed by atoms with E-state index in [9.17, 15) is 78.3 Å². The maximum Gasteiger partial charge on any atom is 0.327 e. The van der Waals surface area contributed by atoms with Crippen LogP contribution in [0.3, 0.4) is 0 Å². The van der Waals surface area contributed by atoms with Crippen molar-refractivity contribution in [1.29, 1.82) is 0 Å². The van der Waals surface area contributed by atoms with Crippen molar-refractivity contribution < 1.29 is 78.3 Å². The molecule has 0 radical (unpaired) electrons. The van der Waals surface area contributed by atoms with E-state index in [1.807, 2.05) is 5.32 Å². The standard InChI is InChI=1S/C33H56N10O16S3/c1-12(36-31(56)23(13(2)45)43-30(55)19(9-44)40-32(57)24(14(3)46)42-26(51)15(34)10-60)25(50)37-16(5-6-62-4)27(52)39-18(8-22(48)49)29(54)38-17(7-21(35)47)28(53)41-20(11-61)33(58)59/h12-20,23-24,44-46,60-61H,5-11,34H2,1-4H3,(H2,35,47)(H,36,56)(H,37,50)(H,38,54)(H,39,52)(H,40,57)(H,41,53)(H,42,51)(H,43,55)(H,48,49)(H,58,59)/t12-,13+,14+,15-,16-,17-,18-,19-,20-,23-,24-/m0/s1. The molecule has 0 bridgehead atoms. The average molecular weight is 945 g/mol. The number of carbonyl (C=O) groups excluding carboxylic acids is 9. The fourth-order valence-electron chi connectivity index (χ4n) is 4.83. The molecule has 0 aromatic heterocycles. The lowest BCUT2D eigenvalue weighted by Gasteiger charge is -2.27. The highest BCUT2D eigenvalue weighted by Gasteiger charge is 2.36. The molecule has 29 heteroatoms. The Hall–Kier alpha value is -4.94. The summed E-state index contributed by atoms with van der Waals surface area (Å²) in [5.74, 6) is -13.6. The maximum absolute atomic E-state index is 13.4.